The number of nitrogens with one attached hydrogen (secondary N) is 1. The Hall–Kier alpha value is -2.15. The molecule has 6 nitrogen and oxygen atoms in total. The van der Waals surface area contributed by atoms with E-state index in [1.807, 2.05) is 0 Å². The largest absolute Gasteiger partial charge is 0.444 e. The van der Waals surface area contributed by atoms with E-state index in [1.165, 1.54) is 24.1 Å². The molecule has 0 aliphatic heterocycles. The first kappa shape index (κ1) is 22.1. The van der Waals surface area contributed by atoms with Crippen molar-refractivity contribution in [1.29, 1.82) is 0 Å². The molecule has 0 unspecified atom stereocenters. The number of halogens is 1. The van der Waals surface area contributed by atoms with Gasteiger partial charge in [0.15, 0.2) is 0 Å². The molecule has 1 aliphatic carbocycles. The van der Waals surface area contributed by atoms with Crippen LogP contribution in [0.25, 0.3) is 0 Å². The number of amides is 2. The van der Waals surface area contributed by atoms with E-state index in [0.29, 0.717) is 6.61 Å². The van der Waals surface area contributed by atoms with Crippen molar-refractivity contribution >= 4 is 12.0 Å². The number of hydrogen-bond acceptors (Lipinski definition) is 4. The number of carbonyl (C=O) groups is 2. The lowest BCUT2D eigenvalue weighted by atomic mass is 9.88. The minimum atomic E-state index is -0.653. The first-order valence-corrected chi connectivity index (χ1v) is 9.69. The number of benzene rings is 1. The van der Waals surface area contributed by atoms with Gasteiger partial charge in [-0.3, -0.25) is 9.69 Å². The van der Waals surface area contributed by atoms with E-state index in [2.05, 4.69) is 5.32 Å². The van der Waals surface area contributed by atoms with E-state index in [1.54, 1.807) is 32.9 Å². The van der Waals surface area contributed by atoms with Gasteiger partial charge in [0, 0.05) is 13.7 Å². The van der Waals surface area contributed by atoms with Crippen LogP contribution in [0, 0.1) is 5.82 Å². The topological polar surface area (TPSA) is 67.9 Å². The maximum absolute atomic E-state index is 13.3. The average Bonchev–Trinajstić information content (AvgIpc) is 3.07. The molecule has 0 aromatic heterocycles. The standard InChI is InChI=1S/C21H31FN2O4/c1-20(2,3)28-19(26)24(13-14-27-4)15-18(25)23-21(11-5-6-12-21)16-7-9-17(22)10-8-16/h7-10H,5-6,11-15H2,1-4H3,(H,23,25). The number of rotatable bonds is 7. The molecule has 0 saturated heterocycles. The third kappa shape index (κ3) is 6.19. The molecular weight excluding hydrogens is 363 g/mol. The van der Waals surface area contributed by atoms with Crippen LogP contribution in [-0.4, -0.2) is 49.3 Å². The lowest BCUT2D eigenvalue weighted by Crippen LogP contribution is -2.50. The summed E-state index contributed by atoms with van der Waals surface area (Å²) in [4.78, 5) is 26.6. The second-order valence-corrected chi connectivity index (χ2v) is 8.24. The SMILES string of the molecule is COCCN(CC(=O)NC1(c2ccc(F)cc2)CCCC1)C(=O)OC(C)(C)C. The van der Waals surface area contributed by atoms with E-state index >= 15 is 0 Å². The molecule has 156 valence electrons. The van der Waals surface area contributed by atoms with Gasteiger partial charge in [0.05, 0.1) is 12.1 Å². The fraction of sp³-hybridized carbons (Fsp3) is 0.619. The molecule has 2 rings (SSSR count). The summed E-state index contributed by atoms with van der Waals surface area (Å²) in [6.07, 6.45) is 2.99. The first-order valence-electron chi connectivity index (χ1n) is 9.69. The molecule has 1 fully saturated rings. The predicted octanol–water partition coefficient (Wildman–Crippen LogP) is 3.59. The Labute approximate surface area is 166 Å². The zero-order valence-corrected chi connectivity index (χ0v) is 17.2. The van der Waals surface area contributed by atoms with E-state index in [4.69, 9.17) is 9.47 Å². The summed E-state index contributed by atoms with van der Waals surface area (Å²) in [6, 6.07) is 6.26. The molecule has 1 aliphatic rings. The highest BCUT2D eigenvalue weighted by Crippen LogP contribution is 2.38. The van der Waals surface area contributed by atoms with Crippen LogP contribution in [-0.2, 0) is 19.8 Å². The highest BCUT2D eigenvalue weighted by Gasteiger charge is 2.37. The summed E-state index contributed by atoms with van der Waals surface area (Å²) in [5.74, 6) is -0.577. The fourth-order valence-electron chi connectivity index (χ4n) is 3.48. The molecule has 1 N–H and O–H groups in total. The Balaban J connectivity index is 2.10. The predicted molar refractivity (Wildman–Crippen MR) is 104 cm³/mol. The van der Waals surface area contributed by atoms with Gasteiger partial charge in [0.1, 0.15) is 18.0 Å². The molecule has 0 radical (unpaired) electrons. The third-order valence-corrected chi connectivity index (χ3v) is 4.78. The quantitative estimate of drug-likeness (QED) is 0.767. The summed E-state index contributed by atoms with van der Waals surface area (Å²) < 4.78 is 23.8. The summed E-state index contributed by atoms with van der Waals surface area (Å²) in [7, 11) is 1.54. The molecule has 0 heterocycles. The molecule has 7 heteroatoms. The number of ether oxygens (including phenoxy) is 2. The molecule has 1 saturated carbocycles. The van der Waals surface area contributed by atoms with Gasteiger partial charge in [0.25, 0.3) is 0 Å². The van der Waals surface area contributed by atoms with Gasteiger partial charge in [0.2, 0.25) is 5.91 Å². The van der Waals surface area contributed by atoms with Crippen LogP contribution < -0.4 is 5.32 Å². The summed E-state index contributed by atoms with van der Waals surface area (Å²) >= 11 is 0. The molecule has 2 amide bonds. The van der Waals surface area contributed by atoms with Crippen molar-refractivity contribution in [3.8, 4) is 0 Å². The van der Waals surface area contributed by atoms with Gasteiger partial charge < -0.3 is 14.8 Å². The van der Waals surface area contributed by atoms with Crippen LogP contribution in [0.3, 0.4) is 0 Å². The van der Waals surface area contributed by atoms with Crippen LogP contribution in [0.2, 0.25) is 0 Å². The van der Waals surface area contributed by atoms with Crippen LogP contribution in [0.15, 0.2) is 24.3 Å². The Morgan fingerprint density at radius 2 is 1.79 bits per heavy atom. The van der Waals surface area contributed by atoms with E-state index in [0.717, 1.165) is 31.2 Å². The van der Waals surface area contributed by atoms with Gasteiger partial charge >= 0.3 is 6.09 Å². The summed E-state index contributed by atoms with van der Waals surface area (Å²) in [6.45, 7) is 5.77. The monoisotopic (exact) mass is 394 g/mol. The minimum absolute atomic E-state index is 0.124. The van der Waals surface area contributed by atoms with Crippen molar-refractivity contribution in [3.05, 3.63) is 35.6 Å². The normalized spacial score (nSPS) is 15.9. The molecule has 1 aromatic carbocycles. The van der Waals surface area contributed by atoms with Crippen LogP contribution in [0.1, 0.15) is 52.0 Å². The lowest BCUT2D eigenvalue weighted by Gasteiger charge is -2.33. The molecule has 0 bridgehead atoms. The third-order valence-electron chi connectivity index (χ3n) is 4.78. The zero-order valence-electron chi connectivity index (χ0n) is 17.2. The Kier molecular flexibility index (Phi) is 7.41. The maximum Gasteiger partial charge on any atom is 0.410 e. The number of hydrogen-bond donors (Lipinski definition) is 1. The summed E-state index contributed by atoms with van der Waals surface area (Å²) in [5, 5.41) is 3.10. The number of nitrogens with zero attached hydrogens (tertiary/aromatic N) is 1. The van der Waals surface area contributed by atoms with Gasteiger partial charge in [-0.05, 0) is 51.3 Å². The van der Waals surface area contributed by atoms with E-state index in [-0.39, 0.29) is 24.8 Å². The molecule has 0 spiro atoms. The van der Waals surface area contributed by atoms with E-state index in [9.17, 15) is 14.0 Å². The summed E-state index contributed by atoms with van der Waals surface area (Å²) in [5.41, 5.74) is -0.286. The fourth-order valence-corrected chi connectivity index (χ4v) is 3.48. The van der Waals surface area contributed by atoms with Crippen LogP contribution in [0.5, 0.6) is 0 Å². The molecule has 28 heavy (non-hydrogen) atoms. The molecular formula is C21H31FN2O4. The smallest absolute Gasteiger partial charge is 0.410 e. The van der Waals surface area contributed by atoms with Crippen LogP contribution in [0.4, 0.5) is 9.18 Å². The number of methoxy groups -OCH3 is 1. The van der Waals surface area contributed by atoms with Gasteiger partial charge in [-0.1, -0.05) is 25.0 Å². The van der Waals surface area contributed by atoms with E-state index < -0.39 is 17.2 Å². The molecule has 1 aromatic rings. The van der Waals surface area contributed by atoms with Gasteiger partial charge in [-0.2, -0.15) is 0 Å². The van der Waals surface area contributed by atoms with Crippen molar-refractivity contribution in [2.75, 3.05) is 26.8 Å². The second kappa shape index (κ2) is 9.37. The average molecular weight is 394 g/mol. The highest BCUT2D eigenvalue weighted by molar-refractivity contribution is 5.83. The maximum atomic E-state index is 13.3. The zero-order chi connectivity index (χ0) is 20.8. The minimum Gasteiger partial charge on any atom is -0.444 e. The van der Waals surface area contributed by atoms with Crippen molar-refractivity contribution in [1.82, 2.24) is 10.2 Å². The highest BCUT2D eigenvalue weighted by atomic mass is 19.1. The van der Waals surface area contributed by atoms with Gasteiger partial charge in [-0.15, -0.1) is 0 Å². The van der Waals surface area contributed by atoms with Crippen molar-refractivity contribution < 1.29 is 23.5 Å². The van der Waals surface area contributed by atoms with Crippen LogP contribution >= 0.6 is 0 Å². The van der Waals surface area contributed by atoms with Gasteiger partial charge in [-0.25, -0.2) is 9.18 Å². The van der Waals surface area contributed by atoms with Crippen molar-refractivity contribution in [3.63, 3.8) is 0 Å². The number of carbonyl (C=O) groups excluding carboxylic acids is 2. The van der Waals surface area contributed by atoms with Crippen molar-refractivity contribution in [2.45, 2.75) is 57.6 Å². The first-order chi connectivity index (χ1) is 13.1. The Morgan fingerprint density at radius 3 is 2.32 bits per heavy atom. The Morgan fingerprint density at radius 1 is 1.18 bits per heavy atom. The lowest BCUT2D eigenvalue weighted by molar-refractivity contribution is -0.124. The molecule has 0 atom stereocenters. The Bertz CT molecular complexity index is 664. The van der Waals surface area contributed by atoms with Crippen molar-refractivity contribution in [2.24, 2.45) is 0 Å². The second-order valence-electron chi connectivity index (χ2n) is 8.24.